The number of aliphatic hydroxyl groups excluding tert-OH is 1. The average molecular weight is 467 g/mol. The Bertz CT molecular complexity index is 1010. The number of alkyl carbamates (subject to hydrolysis) is 1. The van der Waals surface area contributed by atoms with Crippen molar-refractivity contribution in [3.8, 4) is 11.1 Å². The third-order valence-corrected chi connectivity index (χ3v) is 6.85. The fraction of sp³-hybridized carbons (Fsp3) is 0.423. The topological polar surface area (TPSA) is 125 Å². The number of hydrogen-bond donors (Lipinski definition) is 4. The molecule has 2 aromatic rings. The van der Waals surface area contributed by atoms with E-state index in [4.69, 9.17) is 9.84 Å². The predicted octanol–water partition coefficient (Wildman–Crippen LogP) is 2.89. The number of carboxylic acids is 1. The summed E-state index contributed by atoms with van der Waals surface area (Å²) in [6.45, 7) is 0.669. The van der Waals surface area contributed by atoms with Gasteiger partial charge in [-0.1, -0.05) is 55.0 Å². The third-order valence-electron chi connectivity index (χ3n) is 6.85. The number of rotatable bonds is 9. The van der Waals surface area contributed by atoms with Crippen molar-refractivity contribution in [1.82, 2.24) is 10.6 Å². The van der Waals surface area contributed by atoms with Gasteiger partial charge in [-0.2, -0.15) is 0 Å². The van der Waals surface area contributed by atoms with Crippen molar-refractivity contribution in [2.24, 2.45) is 11.8 Å². The van der Waals surface area contributed by atoms with E-state index in [2.05, 4.69) is 34.9 Å². The minimum absolute atomic E-state index is 0.00937. The van der Waals surface area contributed by atoms with Crippen LogP contribution in [-0.2, 0) is 14.3 Å². The highest BCUT2D eigenvalue weighted by molar-refractivity contribution is 5.80. The lowest BCUT2D eigenvalue weighted by Gasteiger charge is -2.20. The number of carboxylic acid groups (broad SMARTS) is 1. The molecule has 0 aromatic heterocycles. The van der Waals surface area contributed by atoms with Crippen LogP contribution in [0.1, 0.15) is 42.7 Å². The number of carbonyl (C=O) groups excluding carboxylic acids is 2. The van der Waals surface area contributed by atoms with Crippen LogP contribution in [0.4, 0.5) is 4.79 Å². The van der Waals surface area contributed by atoms with Gasteiger partial charge in [-0.15, -0.1) is 0 Å². The van der Waals surface area contributed by atoms with Gasteiger partial charge in [0.05, 0.1) is 0 Å². The Hall–Kier alpha value is -3.39. The molecule has 1 fully saturated rings. The van der Waals surface area contributed by atoms with Crippen molar-refractivity contribution in [1.29, 1.82) is 0 Å². The van der Waals surface area contributed by atoms with Crippen molar-refractivity contribution in [2.75, 3.05) is 19.7 Å². The van der Waals surface area contributed by atoms with E-state index < -0.39 is 18.2 Å². The van der Waals surface area contributed by atoms with Gasteiger partial charge in [0.25, 0.3) is 0 Å². The molecular formula is C26H30N2O6. The molecule has 2 amide bonds. The molecule has 2 aromatic carbocycles. The van der Waals surface area contributed by atoms with Gasteiger partial charge >= 0.3 is 12.1 Å². The monoisotopic (exact) mass is 466 g/mol. The Labute approximate surface area is 198 Å². The van der Waals surface area contributed by atoms with Crippen molar-refractivity contribution >= 4 is 18.0 Å². The molecule has 2 aliphatic rings. The maximum absolute atomic E-state index is 12.5. The van der Waals surface area contributed by atoms with E-state index in [-0.39, 0.29) is 43.2 Å². The van der Waals surface area contributed by atoms with Crippen molar-refractivity contribution in [3.05, 3.63) is 59.7 Å². The molecule has 8 heteroatoms. The summed E-state index contributed by atoms with van der Waals surface area (Å²) in [5, 5.41) is 23.6. The molecule has 0 aliphatic heterocycles. The van der Waals surface area contributed by atoms with Gasteiger partial charge in [-0.25, -0.2) is 9.59 Å². The Kier molecular flexibility index (Phi) is 7.47. The number of ether oxygens (including phenoxy) is 1. The van der Waals surface area contributed by atoms with Crippen molar-refractivity contribution < 1.29 is 29.3 Å². The molecule has 3 atom stereocenters. The molecule has 4 N–H and O–H groups in total. The first-order valence-corrected chi connectivity index (χ1v) is 11.7. The molecule has 4 rings (SSSR count). The molecule has 180 valence electrons. The van der Waals surface area contributed by atoms with Gasteiger partial charge in [-0.3, -0.25) is 4.79 Å². The fourth-order valence-electron chi connectivity index (χ4n) is 5.08. The third kappa shape index (κ3) is 5.22. The second-order valence-electron chi connectivity index (χ2n) is 8.94. The predicted molar refractivity (Wildman–Crippen MR) is 125 cm³/mol. The number of amides is 2. The zero-order chi connectivity index (χ0) is 24.1. The van der Waals surface area contributed by atoms with Gasteiger partial charge in [-0.05, 0) is 41.0 Å². The van der Waals surface area contributed by atoms with Gasteiger partial charge in [0.2, 0.25) is 5.91 Å². The second-order valence-corrected chi connectivity index (χ2v) is 8.94. The minimum Gasteiger partial charge on any atom is -0.479 e. The van der Waals surface area contributed by atoms with Crippen LogP contribution in [0.2, 0.25) is 0 Å². The van der Waals surface area contributed by atoms with E-state index in [9.17, 15) is 19.5 Å². The summed E-state index contributed by atoms with van der Waals surface area (Å²) in [4.78, 5) is 35.6. The first-order chi connectivity index (χ1) is 16.5. The van der Waals surface area contributed by atoms with Gasteiger partial charge in [0, 0.05) is 31.3 Å². The normalized spacial score (nSPS) is 19.7. The van der Waals surface area contributed by atoms with E-state index in [1.54, 1.807) is 0 Å². The van der Waals surface area contributed by atoms with Gasteiger partial charge in [0.1, 0.15) is 6.61 Å². The maximum Gasteiger partial charge on any atom is 0.407 e. The Balaban J connectivity index is 1.26. The highest BCUT2D eigenvalue weighted by Gasteiger charge is 2.33. The highest BCUT2D eigenvalue weighted by Crippen LogP contribution is 2.44. The first-order valence-electron chi connectivity index (χ1n) is 11.7. The summed E-state index contributed by atoms with van der Waals surface area (Å²) in [7, 11) is 0. The molecule has 0 saturated heterocycles. The van der Waals surface area contributed by atoms with Crippen LogP contribution in [-0.4, -0.2) is 54.0 Å². The number of aliphatic hydroxyl groups is 1. The molecule has 8 nitrogen and oxygen atoms in total. The average Bonchev–Trinajstić information content (AvgIpc) is 3.44. The molecule has 0 bridgehead atoms. The summed E-state index contributed by atoms with van der Waals surface area (Å²) in [5.74, 6) is -1.75. The van der Waals surface area contributed by atoms with Gasteiger partial charge in [0.15, 0.2) is 6.10 Å². The van der Waals surface area contributed by atoms with E-state index >= 15 is 0 Å². The van der Waals surface area contributed by atoms with Crippen LogP contribution in [0.25, 0.3) is 11.1 Å². The van der Waals surface area contributed by atoms with Crippen LogP contribution in [0.15, 0.2) is 48.5 Å². The highest BCUT2D eigenvalue weighted by atomic mass is 16.5. The SMILES string of the molecule is O=C(NCC1CCCC1C(=O)NCC[C@H](O)C(=O)O)OCC1c2ccccc2-c2ccccc21. The van der Waals surface area contributed by atoms with Crippen molar-refractivity contribution in [2.45, 2.75) is 37.7 Å². The zero-order valence-electron chi connectivity index (χ0n) is 18.9. The summed E-state index contributed by atoms with van der Waals surface area (Å²) in [6.07, 6.45) is 0.375. The standard InChI is InChI=1S/C26H30N2O6/c29-23(25(31)32)12-13-27-24(30)17-11-5-6-16(17)14-28-26(33)34-15-22-20-9-3-1-7-18(20)19-8-2-4-10-21(19)22/h1-4,7-10,16-17,22-23,29H,5-6,11-15H2,(H,27,30)(H,28,33)(H,31,32)/t16?,17?,23-/m0/s1. The summed E-state index contributed by atoms with van der Waals surface area (Å²) in [6, 6.07) is 16.3. The quantitative estimate of drug-likeness (QED) is 0.450. The van der Waals surface area contributed by atoms with Crippen LogP contribution in [0.3, 0.4) is 0 Å². The Morgan fingerprint density at radius 3 is 2.26 bits per heavy atom. The molecule has 2 aliphatic carbocycles. The number of hydrogen-bond acceptors (Lipinski definition) is 5. The van der Waals surface area contributed by atoms with Crippen LogP contribution in [0, 0.1) is 11.8 Å². The molecule has 0 heterocycles. The van der Waals surface area contributed by atoms with E-state index in [0.717, 1.165) is 24.0 Å². The summed E-state index contributed by atoms with van der Waals surface area (Å²) in [5.41, 5.74) is 4.64. The number of aliphatic carboxylic acids is 1. The Morgan fingerprint density at radius 1 is 0.971 bits per heavy atom. The second kappa shape index (κ2) is 10.7. The van der Waals surface area contributed by atoms with Crippen LogP contribution >= 0.6 is 0 Å². The molecule has 1 saturated carbocycles. The first kappa shape index (κ1) is 23.8. The van der Waals surface area contributed by atoms with Crippen molar-refractivity contribution in [3.63, 3.8) is 0 Å². The number of benzene rings is 2. The summed E-state index contributed by atoms with van der Waals surface area (Å²) < 4.78 is 5.57. The lowest BCUT2D eigenvalue weighted by Crippen LogP contribution is -2.39. The molecular weight excluding hydrogens is 436 g/mol. The summed E-state index contributed by atoms with van der Waals surface area (Å²) >= 11 is 0. The number of fused-ring (bicyclic) bond motifs is 3. The largest absolute Gasteiger partial charge is 0.479 e. The molecule has 34 heavy (non-hydrogen) atoms. The lowest BCUT2D eigenvalue weighted by atomic mass is 9.95. The minimum atomic E-state index is -1.49. The van der Waals surface area contributed by atoms with Crippen LogP contribution in [0.5, 0.6) is 0 Å². The maximum atomic E-state index is 12.5. The molecule has 0 spiro atoms. The van der Waals surface area contributed by atoms with Crippen LogP contribution < -0.4 is 10.6 Å². The van der Waals surface area contributed by atoms with E-state index in [0.29, 0.717) is 13.0 Å². The smallest absolute Gasteiger partial charge is 0.407 e. The fourth-order valence-corrected chi connectivity index (χ4v) is 5.08. The van der Waals surface area contributed by atoms with E-state index in [1.165, 1.54) is 11.1 Å². The zero-order valence-corrected chi connectivity index (χ0v) is 18.9. The number of nitrogens with one attached hydrogen (secondary N) is 2. The number of carbonyl (C=O) groups is 3. The lowest BCUT2D eigenvalue weighted by molar-refractivity contribution is -0.147. The van der Waals surface area contributed by atoms with Gasteiger partial charge < -0.3 is 25.6 Å². The molecule has 2 unspecified atom stereocenters. The molecule has 0 radical (unpaired) electrons. The Morgan fingerprint density at radius 2 is 1.62 bits per heavy atom. The van der Waals surface area contributed by atoms with E-state index in [1.807, 2.05) is 24.3 Å².